The van der Waals surface area contributed by atoms with Crippen LogP contribution in [0.3, 0.4) is 0 Å². The van der Waals surface area contributed by atoms with E-state index in [2.05, 4.69) is 10.2 Å². The van der Waals surface area contributed by atoms with Crippen LogP contribution in [0.2, 0.25) is 0 Å². The van der Waals surface area contributed by atoms with Crippen molar-refractivity contribution >= 4 is 19.6 Å². The third-order valence-corrected chi connectivity index (χ3v) is 6.80. The number of ether oxygens (including phenoxy) is 4. The molecular weight excluding hydrogens is 513 g/mol. The summed E-state index contributed by atoms with van der Waals surface area (Å²) in [5.74, 6) is -0.0486. The van der Waals surface area contributed by atoms with Crippen molar-refractivity contribution in [3.8, 4) is 17.3 Å². The second-order valence-corrected chi connectivity index (χ2v) is 10.7. The summed E-state index contributed by atoms with van der Waals surface area (Å²) in [5, 5.41) is 7.04. The SMILES string of the molecule is COCP(=O)(NC(C)C(=O)OC(C)C)Oc1ccc(COC(=O)Oc2cc(C)nn2-c2ccccc2)cc1. The first-order valence-electron chi connectivity index (χ1n) is 11.9. The predicted octanol–water partition coefficient (Wildman–Crippen LogP) is 5.00. The fraction of sp³-hybridized carbons (Fsp3) is 0.346. The topological polar surface area (TPSA) is 127 Å². The van der Waals surface area contributed by atoms with Crippen molar-refractivity contribution in [3.05, 3.63) is 71.9 Å². The van der Waals surface area contributed by atoms with Crippen LogP contribution in [0, 0.1) is 6.92 Å². The van der Waals surface area contributed by atoms with E-state index in [9.17, 15) is 14.2 Å². The summed E-state index contributed by atoms with van der Waals surface area (Å²) < 4.78 is 41.2. The van der Waals surface area contributed by atoms with Crippen LogP contribution in [0.4, 0.5) is 4.79 Å². The molecule has 12 heteroatoms. The van der Waals surface area contributed by atoms with Crippen molar-refractivity contribution in [1.82, 2.24) is 14.9 Å². The van der Waals surface area contributed by atoms with Gasteiger partial charge in [0.15, 0.2) is 0 Å². The number of hydrogen-bond acceptors (Lipinski definition) is 9. The highest BCUT2D eigenvalue weighted by molar-refractivity contribution is 7.57. The van der Waals surface area contributed by atoms with Crippen LogP contribution in [0.15, 0.2) is 60.7 Å². The lowest BCUT2D eigenvalue weighted by Gasteiger charge is -2.23. The molecule has 1 heterocycles. The minimum Gasteiger partial charge on any atom is -0.462 e. The van der Waals surface area contributed by atoms with E-state index in [1.54, 1.807) is 51.1 Å². The summed E-state index contributed by atoms with van der Waals surface area (Å²) in [4.78, 5) is 24.4. The Morgan fingerprint density at radius 3 is 2.37 bits per heavy atom. The molecule has 0 fully saturated rings. The van der Waals surface area contributed by atoms with Gasteiger partial charge in [-0.05, 0) is 57.5 Å². The summed E-state index contributed by atoms with van der Waals surface area (Å²) in [6, 6.07) is 16.5. The van der Waals surface area contributed by atoms with Gasteiger partial charge < -0.3 is 23.5 Å². The number of rotatable bonds is 12. The second-order valence-electron chi connectivity index (χ2n) is 8.67. The van der Waals surface area contributed by atoms with Gasteiger partial charge in [-0.2, -0.15) is 5.10 Å². The molecule has 38 heavy (non-hydrogen) atoms. The molecule has 2 atom stereocenters. The minimum absolute atomic E-state index is 0.0658. The summed E-state index contributed by atoms with van der Waals surface area (Å²) in [6.07, 6.45) is -1.46. The van der Waals surface area contributed by atoms with Gasteiger partial charge in [-0.15, -0.1) is 0 Å². The molecule has 2 unspecified atom stereocenters. The Labute approximate surface area is 221 Å². The number of benzene rings is 2. The van der Waals surface area contributed by atoms with E-state index in [4.69, 9.17) is 23.5 Å². The normalized spacial score (nSPS) is 13.4. The number of aryl methyl sites for hydroxylation is 1. The zero-order valence-electron chi connectivity index (χ0n) is 22.0. The summed E-state index contributed by atoms with van der Waals surface area (Å²) in [7, 11) is -2.22. The maximum absolute atomic E-state index is 13.2. The number of nitrogens with one attached hydrogen (secondary N) is 1. The molecule has 0 spiro atoms. The van der Waals surface area contributed by atoms with Gasteiger partial charge in [-0.25, -0.2) is 14.6 Å². The number of nitrogens with zero attached hydrogens (tertiary/aromatic N) is 2. The molecule has 204 valence electrons. The molecule has 3 aromatic rings. The Morgan fingerprint density at radius 1 is 1.05 bits per heavy atom. The predicted molar refractivity (Wildman–Crippen MR) is 139 cm³/mol. The third kappa shape index (κ3) is 8.44. The summed E-state index contributed by atoms with van der Waals surface area (Å²) in [6.45, 7) is 6.71. The molecule has 2 aromatic carbocycles. The Morgan fingerprint density at radius 2 is 1.74 bits per heavy atom. The summed E-state index contributed by atoms with van der Waals surface area (Å²) in [5.41, 5.74) is 2.06. The van der Waals surface area contributed by atoms with Crippen molar-refractivity contribution in [2.24, 2.45) is 0 Å². The van der Waals surface area contributed by atoms with Crippen molar-refractivity contribution in [2.75, 3.05) is 13.5 Å². The quantitative estimate of drug-likeness (QED) is 0.245. The number of para-hydroxylation sites is 1. The zero-order chi connectivity index (χ0) is 27.7. The smallest absolute Gasteiger partial charge is 0.462 e. The standard InChI is InChI=1S/C26H32N3O8P/c1-18(2)35-25(30)20(4)28-38(32,17-33-5)37-23-13-11-21(12-14-23)16-34-26(31)36-24-15-19(3)27-29(24)22-9-7-6-8-10-22/h6-15,18,20H,16-17H2,1-5H3,(H,28,32). The van der Waals surface area contributed by atoms with Crippen LogP contribution in [0.25, 0.3) is 5.69 Å². The second kappa shape index (κ2) is 13.2. The van der Waals surface area contributed by atoms with Crippen molar-refractivity contribution in [2.45, 2.75) is 46.4 Å². The number of aromatic nitrogens is 2. The number of hydrogen-bond donors (Lipinski definition) is 1. The Bertz CT molecular complexity index is 1260. The van der Waals surface area contributed by atoms with Gasteiger partial charge in [0.25, 0.3) is 0 Å². The molecule has 1 aromatic heterocycles. The molecule has 0 aliphatic rings. The van der Waals surface area contributed by atoms with Gasteiger partial charge in [0, 0.05) is 13.2 Å². The van der Waals surface area contributed by atoms with Crippen LogP contribution in [-0.2, 0) is 30.2 Å². The maximum atomic E-state index is 13.2. The number of esters is 1. The Kier molecular flexibility index (Phi) is 10.1. The van der Waals surface area contributed by atoms with Gasteiger partial charge in [0.2, 0.25) is 5.88 Å². The third-order valence-electron chi connectivity index (χ3n) is 4.92. The van der Waals surface area contributed by atoms with Crippen molar-refractivity contribution in [1.29, 1.82) is 0 Å². The van der Waals surface area contributed by atoms with Crippen LogP contribution < -0.4 is 14.3 Å². The van der Waals surface area contributed by atoms with E-state index in [0.717, 1.165) is 5.69 Å². The van der Waals surface area contributed by atoms with Gasteiger partial charge in [0.05, 0.1) is 17.5 Å². The van der Waals surface area contributed by atoms with E-state index in [1.807, 2.05) is 30.3 Å². The molecule has 0 aliphatic carbocycles. The van der Waals surface area contributed by atoms with Gasteiger partial charge in [-0.3, -0.25) is 9.36 Å². The molecular formula is C26H32N3O8P. The molecule has 3 rings (SSSR count). The molecule has 0 bridgehead atoms. The highest BCUT2D eigenvalue weighted by Crippen LogP contribution is 2.43. The first-order valence-corrected chi connectivity index (χ1v) is 13.7. The van der Waals surface area contributed by atoms with Crippen LogP contribution in [-0.4, -0.2) is 47.5 Å². The Hall–Kier alpha value is -3.66. The van der Waals surface area contributed by atoms with E-state index in [-0.39, 0.29) is 30.7 Å². The Balaban J connectivity index is 1.57. The molecule has 0 saturated heterocycles. The lowest BCUT2D eigenvalue weighted by Crippen LogP contribution is -2.36. The van der Waals surface area contributed by atoms with Gasteiger partial charge >= 0.3 is 19.6 Å². The van der Waals surface area contributed by atoms with Crippen molar-refractivity contribution in [3.63, 3.8) is 0 Å². The average Bonchev–Trinajstić information content (AvgIpc) is 3.23. The van der Waals surface area contributed by atoms with Crippen molar-refractivity contribution < 1.29 is 37.6 Å². The minimum atomic E-state index is -3.59. The molecule has 11 nitrogen and oxygen atoms in total. The molecule has 0 radical (unpaired) electrons. The van der Waals surface area contributed by atoms with Gasteiger partial charge in [-0.1, -0.05) is 30.3 Å². The highest BCUT2D eigenvalue weighted by Gasteiger charge is 2.30. The lowest BCUT2D eigenvalue weighted by molar-refractivity contribution is -0.149. The number of carbonyl (C=O) groups is 2. The first-order chi connectivity index (χ1) is 18.1. The van der Waals surface area contributed by atoms with E-state index < -0.39 is 25.7 Å². The molecule has 0 amide bonds. The number of methoxy groups -OCH3 is 1. The highest BCUT2D eigenvalue weighted by atomic mass is 31.2. The van der Waals surface area contributed by atoms with Crippen LogP contribution in [0.5, 0.6) is 11.6 Å². The monoisotopic (exact) mass is 545 g/mol. The number of carbonyl (C=O) groups excluding carboxylic acids is 2. The first kappa shape index (κ1) is 28.9. The lowest BCUT2D eigenvalue weighted by atomic mass is 10.2. The van der Waals surface area contributed by atoms with Gasteiger partial charge in [0.1, 0.15) is 24.7 Å². The largest absolute Gasteiger partial charge is 0.515 e. The average molecular weight is 546 g/mol. The molecule has 0 aliphatic heterocycles. The van der Waals surface area contributed by atoms with E-state index in [1.165, 1.54) is 18.7 Å². The van der Waals surface area contributed by atoms with Crippen LogP contribution >= 0.6 is 7.52 Å². The van der Waals surface area contributed by atoms with E-state index in [0.29, 0.717) is 11.3 Å². The van der Waals surface area contributed by atoms with E-state index >= 15 is 0 Å². The zero-order valence-corrected chi connectivity index (χ0v) is 22.8. The van der Waals surface area contributed by atoms with Crippen LogP contribution in [0.1, 0.15) is 32.0 Å². The molecule has 1 N–H and O–H groups in total. The summed E-state index contributed by atoms with van der Waals surface area (Å²) >= 11 is 0. The maximum Gasteiger partial charge on any atom is 0.515 e. The fourth-order valence-electron chi connectivity index (χ4n) is 3.32. The fourth-order valence-corrected chi connectivity index (χ4v) is 5.00. The molecule has 0 saturated carbocycles.